The number of hydrogen-bond donors (Lipinski definition) is 2. The van der Waals surface area contributed by atoms with Crippen molar-refractivity contribution in [2.75, 3.05) is 6.61 Å². The van der Waals surface area contributed by atoms with Crippen molar-refractivity contribution in [3.63, 3.8) is 0 Å². The molecule has 0 atom stereocenters. The van der Waals surface area contributed by atoms with Crippen LogP contribution in [0.25, 0.3) is 0 Å². The molecule has 0 saturated heterocycles. The van der Waals surface area contributed by atoms with E-state index in [9.17, 15) is 0 Å². The molecule has 0 aliphatic carbocycles. The Morgan fingerprint density at radius 1 is 1.70 bits per heavy atom. The highest BCUT2D eigenvalue weighted by Crippen LogP contribution is 1.93. The fourth-order valence-corrected chi connectivity index (χ4v) is 0.700. The summed E-state index contributed by atoms with van der Waals surface area (Å²) in [7, 11) is 0. The molecule has 58 valence electrons. The Bertz CT molecular complexity index is 188. The molecule has 0 radical (unpaired) electrons. The molecule has 0 fully saturated rings. The standard InChI is InChI=1S/C6H10N2O.ClH/c1-5-4-7-6(8-5)2-3-9;/h4,9H,2-3H2,1H3,(H,7,8);1H. The molecule has 4 heteroatoms. The van der Waals surface area contributed by atoms with Gasteiger partial charge in [-0.05, 0) is 6.92 Å². The normalized spacial score (nSPS) is 9.00. The van der Waals surface area contributed by atoms with Gasteiger partial charge in [-0.2, -0.15) is 0 Å². The number of aromatic amines is 1. The summed E-state index contributed by atoms with van der Waals surface area (Å²) >= 11 is 0. The van der Waals surface area contributed by atoms with Gasteiger partial charge in [0.1, 0.15) is 5.82 Å². The van der Waals surface area contributed by atoms with Crippen molar-refractivity contribution >= 4 is 12.4 Å². The molecular formula is C6H11ClN2O. The molecule has 10 heavy (non-hydrogen) atoms. The van der Waals surface area contributed by atoms with Crippen molar-refractivity contribution < 1.29 is 5.11 Å². The molecule has 3 nitrogen and oxygen atoms in total. The fourth-order valence-electron chi connectivity index (χ4n) is 0.700. The number of nitrogens with one attached hydrogen (secondary N) is 1. The van der Waals surface area contributed by atoms with Gasteiger partial charge in [0.25, 0.3) is 0 Å². The third-order valence-corrected chi connectivity index (χ3v) is 1.10. The number of aromatic nitrogens is 2. The summed E-state index contributed by atoms with van der Waals surface area (Å²) in [4.78, 5) is 7.00. The van der Waals surface area contributed by atoms with Crippen LogP contribution in [-0.2, 0) is 6.42 Å². The van der Waals surface area contributed by atoms with Crippen LogP contribution in [0.5, 0.6) is 0 Å². The lowest BCUT2D eigenvalue weighted by Crippen LogP contribution is -1.92. The second-order valence-electron chi connectivity index (χ2n) is 1.99. The van der Waals surface area contributed by atoms with Crippen LogP contribution < -0.4 is 0 Å². The van der Waals surface area contributed by atoms with Crippen molar-refractivity contribution in [1.82, 2.24) is 9.97 Å². The van der Waals surface area contributed by atoms with Crippen LogP contribution in [0.4, 0.5) is 0 Å². The number of aliphatic hydroxyl groups is 1. The van der Waals surface area contributed by atoms with E-state index in [4.69, 9.17) is 5.11 Å². The molecule has 1 rings (SSSR count). The van der Waals surface area contributed by atoms with E-state index in [0.29, 0.717) is 6.42 Å². The first-order chi connectivity index (χ1) is 4.33. The summed E-state index contributed by atoms with van der Waals surface area (Å²) in [6.45, 7) is 2.10. The van der Waals surface area contributed by atoms with Crippen LogP contribution in [0.1, 0.15) is 11.5 Å². The topological polar surface area (TPSA) is 48.9 Å². The molecule has 0 aliphatic rings. The number of hydrogen-bond acceptors (Lipinski definition) is 2. The lowest BCUT2D eigenvalue weighted by Gasteiger charge is -1.87. The molecule has 1 heterocycles. The zero-order chi connectivity index (χ0) is 6.69. The summed E-state index contributed by atoms with van der Waals surface area (Å²) in [5.74, 6) is 0.856. The summed E-state index contributed by atoms with van der Waals surface area (Å²) in [5.41, 5.74) is 1.04. The van der Waals surface area contributed by atoms with E-state index in [2.05, 4.69) is 9.97 Å². The van der Waals surface area contributed by atoms with Crippen LogP contribution in [0.2, 0.25) is 0 Å². The molecule has 0 aromatic carbocycles. The molecular weight excluding hydrogens is 152 g/mol. The third kappa shape index (κ3) is 2.37. The minimum Gasteiger partial charge on any atom is -0.396 e. The van der Waals surface area contributed by atoms with E-state index in [1.165, 1.54) is 0 Å². The summed E-state index contributed by atoms with van der Waals surface area (Å²) in [6, 6.07) is 0. The minimum atomic E-state index is 0. The van der Waals surface area contributed by atoms with Gasteiger partial charge in [0.2, 0.25) is 0 Å². The van der Waals surface area contributed by atoms with Gasteiger partial charge >= 0.3 is 0 Å². The number of nitrogens with zero attached hydrogens (tertiary/aromatic N) is 1. The van der Waals surface area contributed by atoms with E-state index in [0.717, 1.165) is 11.5 Å². The van der Waals surface area contributed by atoms with Crippen molar-refractivity contribution in [1.29, 1.82) is 0 Å². The largest absolute Gasteiger partial charge is 0.396 e. The smallest absolute Gasteiger partial charge is 0.108 e. The fraction of sp³-hybridized carbons (Fsp3) is 0.500. The Hall–Kier alpha value is -0.540. The molecule has 0 amide bonds. The second kappa shape index (κ2) is 4.30. The van der Waals surface area contributed by atoms with Gasteiger partial charge in [-0.3, -0.25) is 0 Å². The molecule has 1 aromatic heterocycles. The van der Waals surface area contributed by atoms with Gasteiger partial charge in [-0.15, -0.1) is 12.4 Å². The van der Waals surface area contributed by atoms with Gasteiger partial charge in [-0.25, -0.2) is 4.98 Å². The van der Waals surface area contributed by atoms with Crippen LogP contribution in [0, 0.1) is 6.92 Å². The first-order valence-corrected chi connectivity index (χ1v) is 2.94. The maximum Gasteiger partial charge on any atom is 0.108 e. The Kier molecular flexibility index (Phi) is 4.07. The lowest BCUT2D eigenvalue weighted by molar-refractivity contribution is 0.297. The van der Waals surface area contributed by atoms with E-state index >= 15 is 0 Å². The van der Waals surface area contributed by atoms with Crippen molar-refractivity contribution in [3.05, 3.63) is 17.7 Å². The Morgan fingerprint density at radius 3 is 2.80 bits per heavy atom. The molecule has 0 unspecified atom stereocenters. The molecule has 1 aromatic rings. The number of H-pyrrole nitrogens is 1. The lowest BCUT2D eigenvalue weighted by atomic mass is 10.4. The van der Waals surface area contributed by atoms with Gasteiger partial charge in [0, 0.05) is 18.3 Å². The van der Waals surface area contributed by atoms with Gasteiger partial charge in [0.15, 0.2) is 0 Å². The summed E-state index contributed by atoms with van der Waals surface area (Å²) in [5, 5.41) is 8.47. The molecule has 0 spiro atoms. The average Bonchev–Trinajstić information content (AvgIpc) is 2.17. The third-order valence-electron chi connectivity index (χ3n) is 1.10. The molecule has 2 N–H and O–H groups in total. The monoisotopic (exact) mass is 162 g/mol. The Labute approximate surface area is 65.9 Å². The number of rotatable bonds is 2. The number of halogens is 1. The predicted molar refractivity (Wildman–Crippen MR) is 41.4 cm³/mol. The molecule has 0 bridgehead atoms. The second-order valence-corrected chi connectivity index (χ2v) is 1.99. The quantitative estimate of drug-likeness (QED) is 0.672. The number of imidazole rings is 1. The Morgan fingerprint density at radius 2 is 2.40 bits per heavy atom. The van der Waals surface area contributed by atoms with E-state index in [1.54, 1.807) is 6.20 Å². The van der Waals surface area contributed by atoms with Crippen molar-refractivity contribution in [2.45, 2.75) is 13.3 Å². The Balaban J connectivity index is 0.000000810. The van der Waals surface area contributed by atoms with Crippen LogP contribution in [0.3, 0.4) is 0 Å². The summed E-state index contributed by atoms with van der Waals surface area (Å²) < 4.78 is 0. The van der Waals surface area contributed by atoms with Gasteiger partial charge in [0.05, 0.1) is 6.61 Å². The van der Waals surface area contributed by atoms with E-state index in [1.807, 2.05) is 6.92 Å². The number of aliphatic hydroxyl groups excluding tert-OH is 1. The first-order valence-electron chi connectivity index (χ1n) is 2.94. The van der Waals surface area contributed by atoms with E-state index in [-0.39, 0.29) is 19.0 Å². The maximum absolute atomic E-state index is 8.47. The van der Waals surface area contributed by atoms with Crippen molar-refractivity contribution in [3.8, 4) is 0 Å². The zero-order valence-electron chi connectivity index (χ0n) is 5.79. The minimum absolute atomic E-state index is 0. The number of aryl methyl sites for hydroxylation is 1. The average molecular weight is 163 g/mol. The first kappa shape index (κ1) is 9.46. The van der Waals surface area contributed by atoms with Crippen LogP contribution >= 0.6 is 12.4 Å². The van der Waals surface area contributed by atoms with E-state index < -0.39 is 0 Å². The van der Waals surface area contributed by atoms with Gasteiger partial charge in [-0.1, -0.05) is 0 Å². The predicted octanol–water partition coefficient (Wildman–Crippen LogP) is 0.675. The highest BCUT2D eigenvalue weighted by molar-refractivity contribution is 5.85. The van der Waals surface area contributed by atoms with Crippen molar-refractivity contribution in [2.24, 2.45) is 0 Å². The zero-order valence-corrected chi connectivity index (χ0v) is 6.61. The molecule has 0 saturated carbocycles. The van der Waals surface area contributed by atoms with Crippen LogP contribution in [-0.4, -0.2) is 21.7 Å². The highest BCUT2D eigenvalue weighted by atomic mass is 35.5. The van der Waals surface area contributed by atoms with Crippen LogP contribution in [0.15, 0.2) is 6.20 Å². The van der Waals surface area contributed by atoms with Gasteiger partial charge < -0.3 is 10.1 Å². The maximum atomic E-state index is 8.47. The summed E-state index contributed by atoms with van der Waals surface area (Å²) in [6.07, 6.45) is 2.37. The SMILES string of the molecule is Cc1cnc(CCO)[nH]1.Cl. The highest BCUT2D eigenvalue weighted by Gasteiger charge is 1.93. The molecule has 0 aliphatic heterocycles.